The van der Waals surface area contributed by atoms with Crippen LogP contribution in [0.25, 0.3) is 0 Å². The minimum atomic E-state index is 0.278. The third-order valence-corrected chi connectivity index (χ3v) is 4.52. The van der Waals surface area contributed by atoms with E-state index in [0.717, 1.165) is 44.0 Å². The van der Waals surface area contributed by atoms with Crippen LogP contribution in [0.1, 0.15) is 25.3 Å². The van der Waals surface area contributed by atoms with Gasteiger partial charge in [-0.1, -0.05) is 12.1 Å². The van der Waals surface area contributed by atoms with Crippen molar-refractivity contribution >= 4 is 11.6 Å². The molecule has 1 aliphatic heterocycles. The number of piperidine rings is 1. The number of phenolic OH excluding ortho intramolecular Hbond substituents is 1. The highest BCUT2D eigenvalue weighted by Gasteiger charge is 2.21. The first-order valence-electron chi connectivity index (χ1n) is 9.20. The van der Waals surface area contributed by atoms with Gasteiger partial charge < -0.3 is 20.6 Å². The number of nitrogens with one attached hydrogen (secondary N) is 2. The average molecular weight is 356 g/mol. The van der Waals surface area contributed by atoms with E-state index in [-0.39, 0.29) is 5.75 Å². The highest BCUT2D eigenvalue weighted by Crippen LogP contribution is 2.19. The van der Waals surface area contributed by atoms with E-state index < -0.39 is 0 Å². The summed E-state index contributed by atoms with van der Waals surface area (Å²) < 4.78 is 1.84. The third kappa shape index (κ3) is 4.91. The predicted molar refractivity (Wildman–Crippen MR) is 105 cm³/mol. The Labute approximate surface area is 154 Å². The summed E-state index contributed by atoms with van der Waals surface area (Å²) in [5.74, 6) is 1.11. The van der Waals surface area contributed by atoms with Crippen molar-refractivity contribution in [1.29, 1.82) is 0 Å². The minimum absolute atomic E-state index is 0.278. The number of benzene rings is 1. The van der Waals surface area contributed by atoms with Gasteiger partial charge in [-0.3, -0.25) is 4.68 Å². The Morgan fingerprint density at radius 1 is 1.35 bits per heavy atom. The van der Waals surface area contributed by atoms with Crippen LogP contribution in [0, 0.1) is 0 Å². The summed E-state index contributed by atoms with van der Waals surface area (Å²) in [4.78, 5) is 7.06. The van der Waals surface area contributed by atoms with Crippen molar-refractivity contribution in [3.63, 3.8) is 0 Å². The van der Waals surface area contributed by atoms with Gasteiger partial charge >= 0.3 is 0 Å². The predicted octanol–water partition coefficient (Wildman–Crippen LogP) is 1.85. The van der Waals surface area contributed by atoms with E-state index in [4.69, 9.17) is 0 Å². The lowest BCUT2D eigenvalue weighted by molar-refractivity contribution is 0.468. The molecule has 140 valence electrons. The molecule has 1 unspecified atom stereocenters. The first kappa shape index (κ1) is 18.1. The second kappa shape index (κ2) is 8.60. The molecule has 1 aromatic heterocycles. The van der Waals surface area contributed by atoms with Crippen LogP contribution >= 0.6 is 0 Å². The summed E-state index contributed by atoms with van der Waals surface area (Å²) in [6, 6.07) is 7.53. The lowest BCUT2D eigenvalue weighted by atomic mass is 10.1. The summed E-state index contributed by atoms with van der Waals surface area (Å²) in [6.45, 7) is 5.47. The molecular formula is C19H28N6O. The van der Waals surface area contributed by atoms with Crippen molar-refractivity contribution in [2.45, 2.75) is 32.4 Å². The number of anilines is 1. The van der Waals surface area contributed by atoms with E-state index in [9.17, 15) is 5.11 Å². The first-order chi connectivity index (χ1) is 12.6. The molecule has 1 fully saturated rings. The van der Waals surface area contributed by atoms with Crippen molar-refractivity contribution in [2.75, 3.05) is 24.5 Å². The standard InChI is InChI=1S/C19H28N6O/c1-3-20-19(21-11-15-6-8-18(26)9-7-15)23-16-5-4-10-25(13-16)17-12-22-24(2)14-17/h6-9,12,14,16,26H,3-5,10-11,13H2,1-2H3,(H2,20,21,23). The zero-order valence-corrected chi connectivity index (χ0v) is 15.5. The summed E-state index contributed by atoms with van der Waals surface area (Å²) in [6.07, 6.45) is 6.25. The smallest absolute Gasteiger partial charge is 0.191 e. The van der Waals surface area contributed by atoms with Crippen molar-refractivity contribution in [3.05, 3.63) is 42.2 Å². The van der Waals surface area contributed by atoms with Gasteiger partial charge in [0, 0.05) is 38.9 Å². The van der Waals surface area contributed by atoms with Crippen molar-refractivity contribution in [1.82, 2.24) is 20.4 Å². The molecule has 1 aromatic carbocycles. The fourth-order valence-electron chi connectivity index (χ4n) is 3.19. The van der Waals surface area contributed by atoms with E-state index in [1.807, 2.05) is 30.1 Å². The summed E-state index contributed by atoms with van der Waals surface area (Å²) in [7, 11) is 1.95. The molecule has 1 aliphatic rings. The molecule has 7 nitrogen and oxygen atoms in total. The van der Waals surface area contributed by atoms with Crippen LogP contribution in [0.5, 0.6) is 5.75 Å². The number of aliphatic imine (C=N–C) groups is 1. The van der Waals surface area contributed by atoms with Crippen LogP contribution in [-0.2, 0) is 13.6 Å². The summed E-state index contributed by atoms with van der Waals surface area (Å²) in [5, 5.41) is 20.6. The van der Waals surface area contributed by atoms with Crippen molar-refractivity contribution in [2.24, 2.45) is 12.0 Å². The largest absolute Gasteiger partial charge is 0.508 e. The van der Waals surface area contributed by atoms with Gasteiger partial charge in [0.1, 0.15) is 5.75 Å². The molecule has 0 amide bonds. The molecule has 2 aromatic rings. The molecule has 2 heterocycles. The Bertz CT molecular complexity index is 724. The molecular weight excluding hydrogens is 328 g/mol. The Hall–Kier alpha value is -2.70. The van der Waals surface area contributed by atoms with Crippen LogP contribution in [0.4, 0.5) is 5.69 Å². The minimum Gasteiger partial charge on any atom is -0.508 e. The highest BCUT2D eigenvalue weighted by atomic mass is 16.3. The maximum absolute atomic E-state index is 9.38. The van der Waals surface area contributed by atoms with E-state index in [1.165, 1.54) is 5.69 Å². The number of phenols is 1. The maximum Gasteiger partial charge on any atom is 0.191 e. The van der Waals surface area contributed by atoms with Gasteiger partial charge in [0.05, 0.1) is 18.4 Å². The number of aryl methyl sites for hydroxylation is 1. The van der Waals surface area contributed by atoms with Crippen molar-refractivity contribution < 1.29 is 5.11 Å². The third-order valence-electron chi connectivity index (χ3n) is 4.52. The SMILES string of the molecule is CCNC(=NCc1ccc(O)cc1)NC1CCCN(c2cnn(C)c2)C1. The van der Waals surface area contributed by atoms with Crippen LogP contribution < -0.4 is 15.5 Å². The molecule has 3 rings (SSSR count). The van der Waals surface area contributed by atoms with Crippen LogP contribution in [0.2, 0.25) is 0 Å². The fourth-order valence-corrected chi connectivity index (χ4v) is 3.19. The van der Waals surface area contributed by atoms with Gasteiger partial charge in [0.2, 0.25) is 0 Å². The molecule has 26 heavy (non-hydrogen) atoms. The van der Waals surface area contributed by atoms with Crippen LogP contribution in [-0.4, -0.2) is 46.5 Å². The Kier molecular flexibility index (Phi) is 5.99. The molecule has 7 heteroatoms. The number of nitrogens with zero attached hydrogens (tertiary/aromatic N) is 4. The summed E-state index contributed by atoms with van der Waals surface area (Å²) >= 11 is 0. The van der Waals surface area contributed by atoms with Crippen LogP contribution in [0.3, 0.4) is 0 Å². The number of aromatic nitrogens is 2. The Balaban J connectivity index is 1.61. The number of hydrogen-bond donors (Lipinski definition) is 3. The summed E-state index contributed by atoms with van der Waals surface area (Å²) in [5.41, 5.74) is 2.24. The van der Waals surface area contributed by atoms with E-state index in [0.29, 0.717) is 12.6 Å². The molecule has 0 spiro atoms. The zero-order chi connectivity index (χ0) is 18.4. The number of hydrogen-bond acceptors (Lipinski definition) is 4. The molecule has 1 atom stereocenters. The second-order valence-electron chi connectivity index (χ2n) is 6.66. The lowest BCUT2D eigenvalue weighted by Gasteiger charge is -2.34. The number of rotatable bonds is 5. The van der Waals surface area contributed by atoms with Gasteiger partial charge in [-0.2, -0.15) is 5.10 Å². The second-order valence-corrected chi connectivity index (χ2v) is 6.66. The fraction of sp³-hybridized carbons (Fsp3) is 0.474. The topological polar surface area (TPSA) is 77.7 Å². The number of guanidine groups is 1. The van der Waals surface area contributed by atoms with E-state index >= 15 is 0 Å². The van der Waals surface area contributed by atoms with E-state index in [1.54, 1.807) is 12.1 Å². The molecule has 0 bridgehead atoms. The first-order valence-corrected chi connectivity index (χ1v) is 9.20. The number of aromatic hydroxyl groups is 1. The molecule has 1 saturated heterocycles. The zero-order valence-electron chi connectivity index (χ0n) is 15.5. The van der Waals surface area contributed by atoms with Gasteiger partial charge in [0.25, 0.3) is 0 Å². The van der Waals surface area contributed by atoms with Gasteiger partial charge in [-0.05, 0) is 37.5 Å². The lowest BCUT2D eigenvalue weighted by Crippen LogP contribution is -2.51. The Morgan fingerprint density at radius 2 is 2.15 bits per heavy atom. The molecule has 0 aliphatic carbocycles. The average Bonchev–Trinajstić information content (AvgIpc) is 3.08. The van der Waals surface area contributed by atoms with Gasteiger partial charge in [-0.25, -0.2) is 4.99 Å². The van der Waals surface area contributed by atoms with Crippen molar-refractivity contribution in [3.8, 4) is 5.75 Å². The van der Waals surface area contributed by atoms with E-state index in [2.05, 4.69) is 38.7 Å². The molecule has 3 N–H and O–H groups in total. The van der Waals surface area contributed by atoms with Gasteiger partial charge in [-0.15, -0.1) is 0 Å². The monoisotopic (exact) mass is 356 g/mol. The van der Waals surface area contributed by atoms with Crippen LogP contribution in [0.15, 0.2) is 41.7 Å². The molecule has 0 saturated carbocycles. The highest BCUT2D eigenvalue weighted by molar-refractivity contribution is 5.80. The molecule has 0 radical (unpaired) electrons. The maximum atomic E-state index is 9.38. The Morgan fingerprint density at radius 3 is 2.85 bits per heavy atom. The normalized spacial score (nSPS) is 18.0. The van der Waals surface area contributed by atoms with Gasteiger partial charge in [0.15, 0.2) is 5.96 Å². The quantitative estimate of drug-likeness (QED) is 0.563.